The summed E-state index contributed by atoms with van der Waals surface area (Å²) in [5.74, 6) is -1.03. The van der Waals surface area contributed by atoms with Crippen molar-refractivity contribution in [1.29, 1.82) is 0 Å². The van der Waals surface area contributed by atoms with Gasteiger partial charge in [-0.1, -0.05) is 12.1 Å². The number of carbonyl (C=O) groups is 1. The van der Waals surface area contributed by atoms with Crippen LogP contribution in [-0.4, -0.2) is 29.8 Å². The zero-order valence-electron chi connectivity index (χ0n) is 11.5. The third kappa shape index (κ3) is 3.02. The van der Waals surface area contributed by atoms with Gasteiger partial charge >= 0.3 is 18.9 Å². The summed E-state index contributed by atoms with van der Waals surface area (Å²) in [6.07, 6.45) is 0.765. The van der Waals surface area contributed by atoms with E-state index in [1.807, 2.05) is 18.2 Å². The number of aliphatic hydroxyl groups excluding tert-OH is 1. The van der Waals surface area contributed by atoms with Crippen LogP contribution in [0, 0.1) is 0 Å². The maximum absolute atomic E-state index is 10.5. The first-order valence-electron chi connectivity index (χ1n) is 6.52. The third-order valence-electron chi connectivity index (χ3n) is 3.82. The van der Waals surface area contributed by atoms with Crippen molar-refractivity contribution in [1.82, 2.24) is 0 Å². The van der Waals surface area contributed by atoms with Gasteiger partial charge in [-0.2, -0.15) is 0 Å². The van der Waals surface area contributed by atoms with Crippen LogP contribution in [0.15, 0.2) is 18.2 Å². The first kappa shape index (κ1) is 15.4. The Balaban J connectivity index is 0.00000147. The van der Waals surface area contributed by atoms with Gasteiger partial charge in [0.05, 0.1) is 24.9 Å². The molecule has 0 unspecified atom stereocenters. The second kappa shape index (κ2) is 6.19. The van der Waals surface area contributed by atoms with Crippen molar-refractivity contribution in [2.75, 3.05) is 11.9 Å². The van der Waals surface area contributed by atoms with Gasteiger partial charge in [0.15, 0.2) is 0 Å². The average molecular weight is 269 g/mol. The molecule has 0 amide bonds. The smallest absolute Gasteiger partial charge is 0.550 e. The van der Waals surface area contributed by atoms with Gasteiger partial charge in [-0.25, -0.2) is 0 Å². The van der Waals surface area contributed by atoms with Gasteiger partial charge < -0.3 is 25.1 Å². The molecule has 2 bridgehead atoms. The number of aliphatic carboxylic acids is 1. The number of fused-ring (bicyclic) bond motifs is 4. The summed E-state index contributed by atoms with van der Waals surface area (Å²) in [5, 5.41) is 23.6. The summed E-state index contributed by atoms with van der Waals surface area (Å²) in [7, 11) is 0. The topological polar surface area (TPSA) is 81.6 Å². The van der Waals surface area contributed by atoms with Crippen LogP contribution in [0.4, 0.5) is 5.69 Å². The minimum atomic E-state index is -1.03. The van der Waals surface area contributed by atoms with Crippen LogP contribution >= 0.6 is 0 Å². The molecule has 2 heterocycles. The molecule has 0 spiro atoms. The molecule has 6 heteroatoms. The minimum Gasteiger partial charge on any atom is -0.550 e. The van der Waals surface area contributed by atoms with Crippen molar-refractivity contribution in [2.45, 2.75) is 37.5 Å². The molecule has 0 saturated carbocycles. The standard InChI is InChI=1S/C14H17NO4.Li/c16-12-7-19-13-6-11(12)15-10-3-1-8(5-9(10)13)2-4-14(17)18;/h1,3,5,11-13,15-16H,2,4,6-7H2,(H,17,18);/q;+1/p-1/t11-,12+,13-;/m0./s1. The Labute approximate surface area is 129 Å². The molecule has 20 heavy (non-hydrogen) atoms. The molecule has 2 aliphatic rings. The third-order valence-corrected chi connectivity index (χ3v) is 3.82. The second-order valence-electron chi connectivity index (χ2n) is 5.17. The summed E-state index contributed by atoms with van der Waals surface area (Å²) in [5.41, 5.74) is 2.99. The Morgan fingerprint density at radius 1 is 1.50 bits per heavy atom. The van der Waals surface area contributed by atoms with E-state index in [0.29, 0.717) is 13.0 Å². The number of ether oxygens (including phenoxy) is 1. The number of carboxylic acid groups (broad SMARTS) is 1. The van der Waals surface area contributed by atoms with E-state index in [4.69, 9.17) is 4.74 Å². The quantitative estimate of drug-likeness (QED) is 0.571. The molecule has 102 valence electrons. The number of aliphatic hydroxyl groups is 1. The normalized spacial score (nSPS) is 26.9. The number of hydrogen-bond acceptors (Lipinski definition) is 5. The molecule has 3 rings (SSSR count). The molecule has 1 aromatic carbocycles. The summed E-state index contributed by atoms with van der Waals surface area (Å²) in [6.45, 7) is 0.338. The second-order valence-corrected chi connectivity index (χ2v) is 5.17. The van der Waals surface area contributed by atoms with E-state index in [0.717, 1.165) is 23.2 Å². The predicted molar refractivity (Wildman–Crippen MR) is 66.5 cm³/mol. The number of carbonyl (C=O) groups excluding carboxylic acids is 1. The summed E-state index contributed by atoms with van der Waals surface area (Å²) >= 11 is 0. The van der Waals surface area contributed by atoms with Gasteiger partial charge in [-0.3, -0.25) is 0 Å². The fraction of sp³-hybridized carbons (Fsp3) is 0.500. The Morgan fingerprint density at radius 3 is 3.05 bits per heavy atom. The van der Waals surface area contributed by atoms with Crippen LogP contribution in [-0.2, 0) is 16.0 Å². The Bertz CT molecular complexity index is 508. The number of rotatable bonds is 3. The van der Waals surface area contributed by atoms with E-state index in [-0.39, 0.29) is 37.4 Å². The van der Waals surface area contributed by atoms with Gasteiger partial charge in [0.1, 0.15) is 0 Å². The number of benzene rings is 1. The molecule has 2 N–H and O–H groups in total. The van der Waals surface area contributed by atoms with Crippen LogP contribution in [0.2, 0.25) is 0 Å². The number of aryl methyl sites for hydroxylation is 1. The van der Waals surface area contributed by atoms with Crippen LogP contribution in [0.5, 0.6) is 0 Å². The number of nitrogens with one attached hydrogen (secondary N) is 1. The molecular weight excluding hydrogens is 253 g/mol. The first-order chi connectivity index (χ1) is 9.13. The van der Waals surface area contributed by atoms with Crippen molar-refractivity contribution in [3.05, 3.63) is 29.3 Å². The molecule has 0 aliphatic carbocycles. The van der Waals surface area contributed by atoms with Crippen LogP contribution < -0.4 is 29.3 Å². The van der Waals surface area contributed by atoms with E-state index < -0.39 is 12.1 Å². The van der Waals surface area contributed by atoms with Crippen LogP contribution in [0.1, 0.15) is 30.1 Å². The van der Waals surface area contributed by atoms with E-state index in [9.17, 15) is 15.0 Å². The molecule has 1 aromatic rings. The van der Waals surface area contributed by atoms with Crippen molar-refractivity contribution in [2.24, 2.45) is 0 Å². The molecule has 1 fully saturated rings. The molecule has 2 aliphatic heterocycles. The van der Waals surface area contributed by atoms with Gasteiger partial charge in [-0.15, -0.1) is 0 Å². The zero-order valence-corrected chi connectivity index (χ0v) is 11.5. The number of carboxylic acids is 1. The predicted octanol–water partition coefficient (Wildman–Crippen LogP) is -3.01. The van der Waals surface area contributed by atoms with Crippen molar-refractivity contribution >= 4 is 11.7 Å². The number of anilines is 1. The van der Waals surface area contributed by atoms with E-state index >= 15 is 0 Å². The van der Waals surface area contributed by atoms with E-state index in [1.165, 1.54) is 0 Å². The molecule has 0 aromatic heterocycles. The molecule has 0 radical (unpaired) electrons. The molecule has 5 nitrogen and oxygen atoms in total. The van der Waals surface area contributed by atoms with Crippen LogP contribution in [0.25, 0.3) is 0 Å². The van der Waals surface area contributed by atoms with Crippen molar-refractivity contribution in [3.8, 4) is 0 Å². The molecule has 3 atom stereocenters. The van der Waals surface area contributed by atoms with Gasteiger partial charge in [0, 0.05) is 23.6 Å². The minimum absolute atomic E-state index is 0. The Morgan fingerprint density at radius 2 is 2.30 bits per heavy atom. The van der Waals surface area contributed by atoms with Gasteiger partial charge in [0.25, 0.3) is 0 Å². The van der Waals surface area contributed by atoms with Crippen LogP contribution in [0.3, 0.4) is 0 Å². The average Bonchev–Trinajstić information content (AvgIpc) is 2.41. The number of hydrogen-bond donors (Lipinski definition) is 2. The SMILES string of the molecule is O=C([O-])CCc1ccc2c(c1)[C@@H]1C[C@H](N2)[C@H](O)CO1.[Li+]. The summed E-state index contributed by atoms with van der Waals surface area (Å²) < 4.78 is 5.65. The zero-order chi connectivity index (χ0) is 13.4. The fourth-order valence-electron chi connectivity index (χ4n) is 2.77. The van der Waals surface area contributed by atoms with Crippen molar-refractivity contribution in [3.63, 3.8) is 0 Å². The summed E-state index contributed by atoms with van der Waals surface area (Å²) in [4.78, 5) is 10.5. The monoisotopic (exact) mass is 269 g/mol. The van der Waals surface area contributed by atoms with Gasteiger partial charge in [0.2, 0.25) is 0 Å². The summed E-state index contributed by atoms with van der Waals surface area (Å²) in [6, 6.07) is 5.87. The molecular formula is C14H16LiNO4. The molecule has 1 saturated heterocycles. The fourth-order valence-corrected chi connectivity index (χ4v) is 2.77. The van der Waals surface area contributed by atoms with Crippen molar-refractivity contribution < 1.29 is 38.6 Å². The maximum Gasteiger partial charge on any atom is 1.00 e. The van der Waals surface area contributed by atoms with E-state index in [2.05, 4.69) is 5.32 Å². The maximum atomic E-state index is 10.5. The Kier molecular flexibility index (Phi) is 4.77. The first-order valence-corrected chi connectivity index (χ1v) is 6.52. The van der Waals surface area contributed by atoms with Gasteiger partial charge in [-0.05, 0) is 24.5 Å². The Hall–Kier alpha value is -0.993. The largest absolute Gasteiger partial charge is 1.00 e. The van der Waals surface area contributed by atoms with E-state index in [1.54, 1.807) is 0 Å².